The van der Waals surface area contributed by atoms with Gasteiger partial charge in [-0.2, -0.15) is 0 Å². The number of ether oxygens (including phenoxy) is 3. The lowest BCUT2D eigenvalue weighted by molar-refractivity contribution is 0.111. The fourth-order valence-corrected chi connectivity index (χ4v) is 4.37. The van der Waals surface area contributed by atoms with E-state index in [9.17, 15) is 0 Å². The van der Waals surface area contributed by atoms with E-state index >= 15 is 0 Å². The SMILES string of the molecule is COc1cccc(OC)c1CN1CCN(CCOc2ccccc2Cc2ccccc2)CC1. The number of hydrogen-bond donors (Lipinski definition) is 0. The molecule has 1 aliphatic rings. The third-order valence-electron chi connectivity index (χ3n) is 6.25. The van der Waals surface area contributed by atoms with Gasteiger partial charge in [-0.15, -0.1) is 0 Å². The third-order valence-corrected chi connectivity index (χ3v) is 6.25. The Morgan fingerprint density at radius 2 is 1.27 bits per heavy atom. The molecule has 5 nitrogen and oxygen atoms in total. The Hall–Kier alpha value is -3.02. The third kappa shape index (κ3) is 6.28. The maximum atomic E-state index is 6.21. The Kier molecular flexibility index (Phi) is 8.23. The molecule has 174 valence electrons. The van der Waals surface area contributed by atoms with Crippen molar-refractivity contribution in [1.82, 2.24) is 9.80 Å². The number of hydrogen-bond acceptors (Lipinski definition) is 5. The summed E-state index contributed by atoms with van der Waals surface area (Å²) >= 11 is 0. The van der Waals surface area contributed by atoms with Crippen molar-refractivity contribution in [3.05, 3.63) is 89.5 Å². The van der Waals surface area contributed by atoms with E-state index in [1.165, 1.54) is 11.1 Å². The molecule has 0 spiro atoms. The highest BCUT2D eigenvalue weighted by Crippen LogP contribution is 2.30. The average molecular weight is 447 g/mol. The molecule has 0 unspecified atom stereocenters. The lowest BCUT2D eigenvalue weighted by Crippen LogP contribution is -2.47. The second kappa shape index (κ2) is 11.7. The standard InChI is InChI=1S/C28H34N2O3/c1-31-27-13-8-14-28(32-2)25(27)22-30-17-15-29(16-18-30)19-20-33-26-12-7-6-11-24(26)21-23-9-4-3-5-10-23/h3-14H,15-22H2,1-2H3. The van der Waals surface area contributed by atoms with Gasteiger partial charge in [0, 0.05) is 45.7 Å². The van der Waals surface area contributed by atoms with Crippen LogP contribution in [0.4, 0.5) is 0 Å². The van der Waals surface area contributed by atoms with E-state index in [1.807, 2.05) is 18.2 Å². The zero-order chi connectivity index (χ0) is 22.9. The van der Waals surface area contributed by atoms with E-state index in [-0.39, 0.29) is 0 Å². The van der Waals surface area contributed by atoms with Gasteiger partial charge in [-0.05, 0) is 29.3 Å². The molecular formula is C28H34N2O3. The second-order valence-electron chi connectivity index (χ2n) is 8.38. The number of para-hydroxylation sites is 1. The number of nitrogens with zero attached hydrogens (tertiary/aromatic N) is 2. The predicted octanol–water partition coefficient (Wildman–Crippen LogP) is 4.49. The maximum absolute atomic E-state index is 6.21. The quantitative estimate of drug-likeness (QED) is 0.458. The largest absolute Gasteiger partial charge is 0.496 e. The normalized spacial score (nSPS) is 14.7. The van der Waals surface area contributed by atoms with Gasteiger partial charge in [0.05, 0.1) is 19.8 Å². The molecule has 5 heteroatoms. The van der Waals surface area contributed by atoms with Crippen LogP contribution in [0.25, 0.3) is 0 Å². The van der Waals surface area contributed by atoms with Crippen LogP contribution in [0.1, 0.15) is 16.7 Å². The zero-order valence-corrected chi connectivity index (χ0v) is 19.7. The molecule has 0 radical (unpaired) electrons. The fraction of sp³-hybridized carbons (Fsp3) is 0.357. The summed E-state index contributed by atoms with van der Waals surface area (Å²) in [4.78, 5) is 4.95. The van der Waals surface area contributed by atoms with Crippen LogP contribution in [0, 0.1) is 0 Å². The topological polar surface area (TPSA) is 34.2 Å². The Balaban J connectivity index is 1.25. The van der Waals surface area contributed by atoms with Gasteiger partial charge in [0.1, 0.15) is 23.9 Å². The molecule has 0 amide bonds. The molecular weight excluding hydrogens is 412 g/mol. The van der Waals surface area contributed by atoms with Crippen molar-refractivity contribution in [3.8, 4) is 17.2 Å². The van der Waals surface area contributed by atoms with Crippen LogP contribution in [0.3, 0.4) is 0 Å². The zero-order valence-electron chi connectivity index (χ0n) is 19.7. The summed E-state index contributed by atoms with van der Waals surface area (Å²) in [6.07, 6.45) is 0.891. The smallest absolute Gasteiger partial charge is 0.127 e. The molecule has 33 heavy (non-hydrogen) atoms. The van der Waals surface area contributed by atoms with Crippen LogP contribution < -0.4 is 14.2 Å². The van der Waals surface area contributed by atoms with Gasteiger partial charge < -0.3 is 14.2 Å². The fourth-order valence-electron chi connectivity index (χ4n) is 4.37. The van der Waals surface area contributed by atoms with E-state index in [1.54, 1.807) is 14.2 Å². The van der Waals surface area contributed by atoms with Crippen molar-refractivity contribution in [2.45, 2.75) is 13.0 Å². The minimum absolute atomic E-state index is 0.701. The van der Waals surface area contributed by atoms with E-state index in [0.29, 0.717) is 6.61 Å². The molecule has 0 atom stereocenters. The van der Waals surface area contributed by atoms with Crippen molar-refractivity contribution < 1.29 is 14.2 Å². The lowest BCUT2D eigenvalue weighted by Gasteiger charge is -2.35. The van der Waals surface area contributed by atoms with Crippen LogP contribution in [0.2, 0.25) is 0 Å². The summed E-state index contributed by atoms with van der Waals surface area (Å²) in [6, 6.07) is 24.9. The molecule has 1 aliphatic heterocycles. The Bertz CT molecular complexity index is 979. The monoisotopic (exact) mass is 446 g/mol. The Labute approximate surface area is 197 Å². The second-order valence-corrected chi connectivity index (χ2v) is 8.38. The van der Waals surface area contributed by atoms with Gasteiger partial charge in [0.15, 0.2) is 0 Å². The number of benzene rings is 3. The highest BCUT2D eigenvalue weighted by molar-refractivity contribution is 5.44. The Morgan fingerprint density at radius 3 is 1.97 bits per heavy atom. The minimum Gasteiger partial charge on any atom is -0.496 e. The van der Waals surface area contributed by atoms with Crippen molar-refractivity contribution in [3.63, 3.8) is 0 Å². The van der Waals surface area contributed by atoms with E-state index < -0.39 is 0 Å². The van der Waals surface area contributed by atoms with E-state index in [4.69, 9.17) is 14.2 Å². The first-order valence-electron chi connectivity index (χ1n) is 11.7. The molecule has 0 N–H and O–H groups in total. The first kappa shape index (κ1) is 23.1. The highest BCUT2D eigenvalue weighted by Gasteiger charge is 2.20. The molecule has 0 aliphatic carbocycles. The van der Waals surface area contributed by atoms with Crippen LogP contribution in [-0.2, 0) is 13.0 Å². The van der Waals surface area contributed by atoms with Crippen molar-refractivity contribution in [1.29, 1.82) is 0 Å². The van der Waals surface area contributed by atoms with Gasteiger partial charge in [0.2, 0.25) is 0 Å². The first-order valence-corrected chi connectivity index (χ1v) is 11.7. The van der Waals surface area contributed by atoms with Crippen molar-refractivity contribution >= 4 is 0 Å². The maximum Gasteiger partial charge on any atom is 0.127 e. The van der Waals surface area contributed by atoms with E-state index in [0.717, 1.165) is 68.5 Å². The van der Waals surface area contributed by atoms with Crippen LogP contribution in [-0.4, -0.2) is 63.4 Å². The molecule has 3 aromatic rings. The first-order chi connectivity index (χ1) is 16.3. The summed E-state index contributed by atoms with van der Waals surface area (Å²) < 4.78 is 17.3. The summed E-state index contributed by atoms with van der Waals surface area (Å²) in [6.45, 7) is 6.58. The van der Waals surface area contributed by atoms with Crippen molar-refractivity contribution in [2.75, 3.05) is 53.6 Å². The van der Waals surface area contributed by atoms with Gasteiger partial charge in [-0.25, -0.2) is 0 Å². The Morgan fingerprint density at radius 1 is 0.667 bits per heavy atom. The summed E-state index contributed by atoms with van der Waals surface area (Å²) in [5, 5.41) is 0. The predicted molar refractivity (Wildman–Crippen MR) is 132 cm³/mol. The number of methoxy groups -OCH3 is 2. The highest BCUT2D eigenvalue weighted by atomic mass is 16.5. The van der Waals surface area contributed by atoms with Crippen molar-refractivity contribution in [2.24, 2.45) is 0 Å². The van der Waals surface area contributed by atoms with Gasteiger partial charge >= 0.3 is 0 Å². The number of piperazine rings is 1. The van der Waals surface area contributed by atoms with Crippen LogP contribution >= 0.6 is 0 Å². The molecule has 1 fully saturated rings. The molecule has 0 saturated carbocycles. The summed E-state index contributed by atoms with van der Waals surface area (Å²) in [5.41, 5.74) is 3.66. The molecule has 1 saturated heterocycles. The van der Waals surface area contributed by atoms with Crippen LogP contribution in [0.15, 0.2) is 72.8 Å². The lowest BCUT2D eigenvalue weighted by atomic mass is 10.0. The van der Waals surface area contributed by atoms with Crippen LogP contribution in [0.5, 0.6) is 17.2 Å². The molecule has 4 rings (SSSR count). The summed E-state index contributed by atoms with van der Waals surface area (Å²) in [7, 11) is 3.43. The van der Waals surface area contributed by atoms with Gasteiger partial charge in [-0.1, -0.05) is 54.6 Å². The van der Waals surface area contributed by atoms with E-state index in [2.05, 4.69) is 64.4 Å². The van der Waals surface area contributed by atoms with Gasteiger partial charge in [0.25, 0.3) is 0 Å². The summed E-state index contributed by atoms with van der Waals surface area (Å²) in [5.74, 6) is 2.77. The minimum atomic E-state index is 0.701. The molecule has 0 aromatic heterocycles. The number of rotatable bonds is 10. The molecule has 1 heterocycles. The molecule has 0 bridgehead atoms. The average Bonchev–Trinajstić information content (AvgIpc) is 2.87. The molecule has 3 aromatic carbocycles. The van der Waals surface area contributed by atoms with Gasteiger partial charge in [-0.3, -0.25) is 9.80 Å².